The number of thiophene rings is 1. The van der Waals surface area contributed by atoms with Gasteiger partial charge in [0.2, 0.25) is 0 Å². The molecule has 0 amide bonds. The average Bonchev–Trinajstić information content (AvgIpc) is 3.75. The van der Waals surface area contributed by atoms with Crippen LogP contribution in [-0.2, 0) is 0 Å². The van der Waals surface area contributed by atoms with Gasteiger partial charge in [0.1, 0.15) is 11.2 Å². The lowest BCUT2D eigenvalue weighted by Gasteiger charge is -2.29. The Morgan fingerprint density at radius 1 is 0.388 bits per heavy atom. The summed E-state index contributed by atoms with van der Waals surface area (Å²) in [5.74, 6) is 0. The van der Waals surface area contributed by atoms with E-state index < -0.39 is 0 Å². The highest BCUT2D eigenvalue weighted by Gasteiger charge is 2.24. The molecule has 0 fully saturated rings. The Morgan fingerprint density at radius 2 is 1.02 bits per heavy atom. The van der Waals surface area contributed by atoms with Crippen LogP contribution in [0.3, 0.4) is 0 Å². The molecular formula is C46H29NOS. The van der Waals surface area contributed by atoms with E-state index in [1.807, 2.05) is 17.4 Å². The van der Waals surface area contributed by atoms with Gasteiger partial charge in [-0.15, -0.1) is 11.3 Å². The van der Waals surface area contributed by atoms with Gasteiger partial charge in [0.05, 0.1) is 16.8 Å². The number of furan rings is 1. The smallest absolute Gasteiger partial charge is 0.137 e. The van der Waals surface area contributed by atoms with Gasteiger partial charge in [-0.2, -0.15) is 0 Å². The summed E-state index contributed by atoms with van der Waals surface area (Å²) in [5.41, 5.74) is 9.83. The Labute approximate surface area is 287 Å². The highest BCUT2D eigenvalue weighted by molar-refractivity contribution is 7.26. The number of fused-ring (bicyclic) bond motifs is 8. The molecule has 0 spiro atoms. The molecule has 0 atom stereocenters. The molecule has 0 radical (unpaired) electrons. The molecule has 2 aromatic heterocycles. The quantitative estimate of drug-likeness (QED) is 0.186. The second kappa shape index (κ2) is 11.2. The molecule has 0 bridgehead atoms. The van der Waals surface area contributed by atoms with Gasteiger partial charge in [0.15, 0.2) is 0 Å². The largest absolute Gasteiger partial charge is 0.456 e. The van der Waals surface area contributed by atoms with E-state index >= 15 is 0 Å². The first-order valence-electron chi connectivity index (χ1n) is 16.6. The molecule has 10 aromatic rings. The predicted octanol–water partition coefficient (Wildman–Crippen LogP) is 13.9. The number of para-hydroxylation sites is 1. The Hall–Kier alpha value is -6.16. The van der Waals surface area contributed by atoms with E-state index in [0.29, 0.717) is 0 Å². The fourth-order valence-electron chi connectivity index (χ4n) is 7.50. The average molecular weight is 644 g/mol. The summed E-state index contributed by atoms with van der Waals surface area (Å²) in [7, 11) is 0. The zero-order chi connectivity index (χ0) is 32.3. The molecule has 0 unspecified atom stereocenters. The monoisotopic (exact) mass is 643 g/mol. The van der Waals surface area contributed by atoms with Crippen molar-refractivity contribution in [2.75, 3.05) is 4.90 Å². The van der Waals surface area contributed by atoms with E-state index in [1.165, 1.54) is 53.2 Å². The molecule has 10 rings (SSSR count). The van der Waals surface area contributed by atoms with E-state index in [1.54, 1.807) is 0 Å². The van der Waals surface area contributed by atoms with Gasteiger partial charge in [0.25, 0.3) is 0 Å². The van der Waals surface area contributed by atoms with Crippen molar-refractivity contribution in [3.63, 3.8) is 0 Å². The maximum Gasteiger partial charge on any atom is 0.137 e. The van der Waals surface area contributed by atoms with Crippen LogP contribution in [0.4, 0.5) is 17.1 Å². The molecule has 0 aliphatic carbocycles. The first-order valence-corrected chi connectivity index (χ1v) is 17.4. The van der Waals surface area contributed by atoms with E-state index in [4.69, 9.17) is 4.42 Å². The van der Waals surface area contributed by atoms with Gasteiger partial charge in [-0.25, -0.2) is 0 Å². The van der Waals surface area contributed by atoms with Crippen molar-refractivity contribution < 1.29 is 4.42 Å². The van der Waals surface area contributed by atoms with Crippen molar-refractivity contribution in [3.8, 4) is 22.3 Å². The lowest BCUT2D eigenvalue weighted by atomic mass is 9.93. The summed E-state index contributed by atoms with van der Waals surface area (Å²) in [5, 5.41) is 7.29. The van der Waals surface area contributed by atoms with Crippen LogP contribution in [0, 0.1) is 0 Å². The molecule has 0 aliphatic heterocycles. The van der Waals surface area contributed by atoms with Crippen LogP contribution < -0.4 is 4.90 Å². The normalized spacial score (nSPS) is 11.7. The zero-order valence-electron chi connectivity index (χ0n) is 26.5. The molecule has 49 heavy (non-hydrogen) atoms. The lowest BCUT2D eigenvalue weighted by Crippen LogP contribution is -2.11. The van der Waals surface area contributed by atoms with E-state index in [-0.39, 0.29) is 0 Å². The summed E-state index contributed by atoms with van der Waals surface area (Å²) >= 11 is 1.86. The number of benzene rings is 8. The van der Waals surface area contributed by atoms with Gasteiger partial charge in [0, 0.05) is 36.6 Å². The van der Waals surface area contributed by atoms with Crippen LogP contribution in [0.2, 0.25) is 0 Å². The molecule has 2 nitrogen and oxygen atoms in total. The van der Waals surface area contributed by atoms with E-state index in [0.717, 1.165) is 39.0 Å². The van der Waals surface area contributed by atoms with Gasteiger partial charge in [-0.1, -0.05) is 133 Å². The van der Waals surface area contributed by atoms with Crippen molar-refractivity contribution >= 4 is 81.3 Å². The molecule has 0 aliphatic rings. The third-order valence-corrected chi connectivity index (χ3v) is 10.8. The summed E-state index contributed by atoms with van der Waals surface area (Å²) in [6, 6.07) is 63.2. The highest BCUT2D eigenvalue weighted by Crippen LogP contribution is 2.49. The number of anilines is 3. The van der Waals surface area contributed by atoms with Gasteiger partial charge in [-0.3, -0.25) is 0 Å². The Bertz CT molecular complexity index is 2830. The minimum Gasteiger partial charge on any atom is -0.456 e. The van der Waals surface area contributed by atoms with Crippen LogP contribution in [-0.4, -0.2) is 0 Å². The first-order chi connectivity index (χ1) is 24.3. The summed E-state index contributed by atoms with van der Waals surface area (Å²) in [6.45, 7) is 0. The number of hydrogen-bond acceptors (Lipinski definition) is 3. The summed E-state index contributed by atoms with van der Waals surface area (Å²) in [6.07, 6.45) is 0. The van der Waals surface area contributed by atoms with Crippen LogP contribution in [0.5, 0.6) is 0 Å². The molecule has 0 saturated carbocycles. The Morgan fingerprint density at radius 3 is 1.82 bits per heavy atom. The highest BCUT2D eigenvalue weighted by atomic mass is 32.1. The SMILES string of the molecule is c1ccc(-c2ccc(N(c3cc4sc5ccccc5c4c4ccccc34)c3cccc4oc5ccccc5c34)cc2-c2ccccc2)cc1. The third-order valence-electron chi connectivity index (χ3n) is 9.66. The second-order valence-corrected chi connectivity index (χ2v) is 13.5. The fourth-order valence-corrected chi connectivity index (χ4v) is 8.66. The second-order valence-electron chi connectivity index (χ2n) is 12.5. The number of rotatable bonds is 5. The third kappa shape index (κ3) is 4.47. The number of nitrogens with zero attached hydrogens (tertiary/aromatic N) is 1. The number of hydrogen-bond donors (Lipinski definition) is 0. The fraction of sp³-hybridized carbons (Fsp3) is 0. The Kier molecular flexibility index (Phi) is 6.39. The van der Waals surface area contributed by atoms with Crippen LogP contribution in [0.25, 0.3) is 75.1 Å². The molecule has 3 heteroatoms. The van der Waals surface area contributed by atoms with Crippen LogP contribution in [0.1, 0.15) is 0 Å². The minimum absolute atomic E-state index is 0.875. The molecule has 8 aromatic carbocycles. The van der Waals surface area contributed by atoms with Gasteiger partial charge in [-0.05, 0) is 70.1 Å². The standard InChI is InChI=1S/C46H29NOS/c1-3-14-30(15-4-1)33-27-26-32(28-38(33)31-16-5-2-6-17-31)47(39-22-13-24-42-46(39)36-20-9-11-23-41(36)48-42)40-29-44-45(35-19-8-7-18-34(35)40)37-21-10-12-25-43(37)49-44/h1-29H. The van der Waals surface area contributed by atoms with E-state index in [9.17, 15) is 0 Å². The topological polar surface area (TPSA) is 16.4 Å². The minimum atomic E-state index is 0.875. The lowest BCUT2D eigenvalue weighted by molar-refractivity contribution is 0.669. The molecule has 230 valence electrons. The maximum absolute atomic E-state index is 6.46. The Balaban J connectivity index is 1.33. The van der Waals surface area contributed by atoms with Gasteiger partial charge < -0.3 is 9.32 Å². The molecular weight excluding hydrogens is 615 g/mol. The predicted molar refractivity (Wildman–Crippen MR) is 210 cm³/mol. The van der Waals surface area contributed by atoms with Crippen LogP contribution >= 0.6 is 11.3 Å². The van der Waals surface area contributed by atoms with Crippen molar-refractivity contribution in [2.24, 2.45) is 0 Å². The van der Waals surface area contributed by atoms with Gasteiger partial charge >= 0.3 is 0 Å². The molecule has 0 N–H and O–H groups in total. The van der Waals surface area contributed by atoms with E-state index in [2.05, 4.69) is 175 Å². The maximum atomic E-state index is 6.46. The zero-order valence-corrected chi connectivity index (χ0v) is 27.3. The van der Waals surface area contributed by atoms with Crippen molar-refractivity contribution in [1.82, 2.24) is 0 Å². The molecule has 2 heterocycles. The summed E-state index contributed by atoms with van der Waals surface area (Å²) < 4.78 is 9.03. The van der Waals surface area contributed by atoms with Crippen molar-refractivity contribution in [1.29, 1.82) is 0 Å². The van der Waals surface area contributed by atoms with Crippen LogP contribution in [0.15, 0.2) is 180 Å². The first kappa shape index (κ1) is 27.9. The van der Waals surface area contributed by atoms with Crippen molar-refractivity contribution in [3.05, 3.63) is 176 Å². The van der Waals surface area contributed by atoms with Crippen molar-refractivity contribution in [2.45, 2.75) is 0 Å². The summed E-state index contributed by atoms with van der Waals surface area (Å²) in [4.78, 5) is 2.46. The molecule has 0 saturated heterocycles.